The largest absolute Gasteiger partial charge is 0.493 e. The van der Waals surface area contributed by atoms with Gasteiger partial charge in [0.25, 0.3) is 5.91 Å². The number of carbonyl (C=O) groups is 2. The monoisotopic (exact) mass is 393 g/mol. The van der Waals surface area contributed by atoms with Crippen molar-refractivity contribution in [1.82, 2.24) is 4.72 Å². The highest BCUT2D eigenvalue weighted by atomic mass is 32.2. The Labute approximate surface area is 156 Å². The molecule has 27 heavy (non-hydrogen) atoms. The predicted molar refractivity (Wildman–Crippen MR) is 97.3 cm³/mol. The van der Waals surface area contributed by atoms with E-state index >= 15 is 0 Å². The molecule has 9 nitrogen and oxygen atoms in total. The third-order valence-corrected chi connectivity index (χ3v) is 4.36. The van der Waals surface area contributed by atoms with Gasteiger partial charge >= 0.3 is 10.3 Å². The Morgan fingerprint density at radius 3 is 2.37 bits per heavy atom. The quantitative estimate of drug-likeness (QED) is 0.575. The Bertz CT molecular complexity index is 931. The zero-order valence-electron chi connectivity index (χ0n) is 14.4. The average molecular weight is 393 g/mol. The molecule has 10 heteroatoms. The molecular weight excluding hydrogens is 374 g/mol. The van der Waals surface area contributed by atoms with Gasteiger partial charge in [-0.1, -0.05) is 30.3 Å². The summed E-state index contributed by atoms with van der Waals surface area (Å²) in [5.74, 6) is -1.91. The van der Waals surface area contributed by atoms with Gasteiger partial charge in [0.05, 0.1) is 13.2 Å². The van der Waals surface area contributed by atoms with Gasteiger partial charge in [-0.3, -0.25) is 9.59 Å². The molecule has 2 rings (SSSR count). The zero-order valence-corrected chi connectivity index (χ0v) is 15.2. The second kappa shape index (κ2) is 8.52. The SMILES string of the molecule is COc1cc(C(N)=O)ccc1OS(=O)(=O)NC(=O)[C@@H](N)Cc1ccccc1. The van der Waals surface area contributed by atoms with E-state index in [-0.39, 0.29) is 23.5 Å². The maximum atomic E-state index is 12.1. The molecule has 144 valence electrons. The fourth-order valence-electron chi connectivity index (χ4n) is 2.19. The van der Waals surface area contributed by atoms with Gasteiger partial charge in [-0.2, -0.15) is 8.42 Å². The highest BCUT2D eigenvalue weighted by molar-refractivity contribution is 7.85. The Kier molecular flexibility index (Phi) is 6.37. The van der Waals surface area contributed by atoms with Crippen molar-refractivity contribution in [1.29, 1.82) is 0 Å². The van der Waals surface area contributed by atoms with Crippen LogP contribution >= 0.6 is 0 Å². The van der Waals surface area contributed by atoms with Crippen LogP contribution in [0, 0.1) is 0 Å². The van der Waals surface area contributed by atoms with Crippen LogP contribution in [0.15, 0.2) is 48.5 Å². The average Bonchev–Trinajstić information content (AvgIpc) is 2.61. The van der Waals surface area contributed by atoms with Crippen molar-refractivity contribution < 1.29 is 26.9 Å². The van der Waals surface area contributed by atoms with E-state index in [4.69, 9.17) is 20.4 Å². The van der Waals surface area contributed by atoms with Crippen LogP contribution in [0.3, 0.4) is 0 Å². The molecule has 0 aliphatic carbocycles. The fraction of sp³-hybridized carbons (Fsp3) is 0.176. The van der Waals surface area contributed by atoms with Gasteiger partial charge in [0.15, 0.2) is 11.5 Å². The summed E-state index contributed by atoms with van der Waals surface area (Å²) in [6.07, 6.45) is 0.152. The summed E-state index contributed by atoms with van der Waals surface area (Å²) >= 11 is 0. The standard InChI is InChI=1S/C17H19N3O6S/c1-25-15-10-12(16(19)21)7-8-14(15)26-27(23,24)20-17(22)13(18)9-11-5-3-2-4-6-11/h2-8,10,13H,9,18H2,1H3,(H2,19,21)(H,20,22)/t13-/m0/s1. The van der Waals surface area contributed by atoms with Gasteiger partial charge in [-0.15, -0.1) is 0 Å². The molecule has 0 saturated heterocycles. The molecule has 0 aromatic heterocycles. The highest BCUT2D eigenvalue weighted by Crippen LogP contribution is 2.28. The Morgan fingerprint density at radius 2 is 1.78 bits per heavy atom. The first kappa shape index (κ1) is 20.2. The first-order chi connectivity index (χ1) is 12.7. The van der Waals surface area contributed by atoms with Crippen molar-refractivity contribution in [3.8, 4) is 11.5 Å². The minimum absolute atomic E-state index is 0.0438. The van der Waals surface area contributed by atoms with Gasteiger partial charge in [0.1, 0.15) is 0 Å². The van der Waals surface area contributed by atoms with E-state index in [1.165, 1.54) is 25.3 Å². The van der Waals surface area contributed by atoms with Crippen molar-refractivity contribution in [2.75, 3.05) is 7.11 Å². The summed E-state index contributed by atoms with van der Waals surface area (Å²) in [6.45, 7) is 0. The maximum Gasteiger partial charge on any atom is 0.409 e. The van der Waals surface area contributed by atoms with Crippen LogP contribution in [0.5, 0.6) is 11.5 Å². The molecule has 2 amide bonds. The second-order valence-corrected chi connectivity index (χ2v) is 6.81. The van der Waals surface area contributed by atoms with Crippen LogP contribution in [0.4, 0.5) is 0 Å². The topological polar surface area (TPSA) is 151 Å². The highest BCUT2D eigenvalue weighted by Gasteiger charge is 2.23. The van der Waals surface area contributed by atoms with Crippen molar-refractivity contribution in [3.05, 3.63) is 59.7 Å². The maximum absolute atomic E-state index is 12.1. The zero-order chi connectivity index (χ0) is 20.0. The van der Waals surface area contributed by atoms with Gasteiger partial charge in [-0.05, 0) is 30.2 Å². The van der Waals surface area contributed by atoms with E-state index in [9.17, 15) is 18.0 Å². The number of nitrogens with one attached hydrogen (secondary N) is 1. The molecule has 0 heterocycles. The molecule has 0 spiro atoms. The van der Waals surface area contributed by atoms with E-state index in [1.54, 1.807) is 29.0 Å². The number of rotatable bonds is 8. The van der Waals surface area contributed by atoms with Crippen molar-refractivity contribution in [3.63, 3.8) is 0 Å². The van der Waals surface area contributed by atoms with Crippen molar-refractivity contribution in [2.45, 2.75) is 12.5 Å². The fourth-order valence-corrected chi connectivity index (χ4v) is 3.00. The number of nitrogens with two attached hydrogens (primary N) is 2. The van der Waals surface area contributed by atoms with Crippen molar-refractivity contribution in [2.24, 2.45) is 11.5 Å². The van der Waals surface area contributed by atoms with Gasteiger partial charge in [0, 0.05) is 5.56 Å². The molecule has 0 unspecified atom stereocenters. The Balaban J connectivity index is 2.08. The summed E-state index contributed by atoms with van der Waals surface area (Å²) in [6, 6.07) is 11.5. The lowest BCUT2D eigenvalue weighted by Crippen LogP contribution is -2.45. The number of hydrogen-bond donors (Lipinski definition) is 3. The molecule has 1 atom stereocenters. The molecule has 0 aliphatic heterocycles. The number of carbonyl (C=O) groups excluding carboxylic acids is 2. The van der Waals surface area contributed by atoms with Crippen LogP contribution in [0.25, 0.3) is 0 Å². The third-order valence-electron chi connectivity index (χ3n) is 3.51. The van der Waals surface area contributed by atoms with E-state index < -0.39 is 28.2 Å². The minimum Gasteiger partial charge on any atom is -0.493 e. The normalized spacial score (nSPS) is 12.1. The van der Waals surface area contributed by atoms with Gasteiger partial charge < -0.3 is 20.4 Å². The summed E-state index contributed by atoms with van der Waals surface area (Å²) in [7, 11) is -3.25. The van der Waals surface area contributed by atoms with Crippen LogP contribution in [0.2, 0.25) is 0 Å². The molecule has 0 bridgehead atoms. The van der Waals surface area contributed by atoms with Crippen LogP contribution in [-0.4, -0.2) is 33.4 Å². The third kappa shape index (κ3) is 5.69. The number of hydrogen-bond acceptors (Lipinski definition) is 7. The molecular formula is C17H19N3O6S. The van der Waals surface area contributed by atoms with Crippen molar-refractivity contribution >= 4 is 22.1 Å². The smallest absolute Gasteiger partial charge is 0.409 e. The molecule has 0 saturated carbocycles. The number of amides is 2. The summed E-state index contributed by atoms with van der Waals surface area (Å²) < 4.78 is 35.8. The summed E-state index contributed by atoms with van der Waals surface area (Å²) in [5.41, 5.74) is 11.8. The van der Waals surface area contributed by atoms with Crippen LogP contribution < -0.4 is 25.1 Å². The molecule has 5 N–H and O–H groups in total. The lowest BCUT2D eigenvalue weighted by atomic mass is 10.1. The molecule has 0 aliphatic rings. The van der Waals surface area contributed by atoms with E-state index in [2.05, 4.69) is 0 Å². The second-order valence-electron chi connectivity index (χ2n) is 5.53. The van der Waals surface area contributed by atoms with Gasteiger partial charge in [-0.25, -0.2) is 4.72 Å². The van der Waals surface area contributed by atoms with E-state index in [0.717, 1.165) is 5.56 Å². The number of ether oxygens (including phenoxy) is 1. The first-order valence-electron chi connectivity index (χ1n) is 7.75. The Hall–Kier alpha value is -3.11. The minimum atomic E-state index is -4.51. The molecule has 0 radical (unpaired) electrons. The summed E-state index contributed by atoms with van der Waals surface area (Å²) in [5, 5.41) is 0. The predicted octanol–water partition coefficient (Wildman–Crippen LogP) is 0.104. The van der Waals surface area contributed by atoms with Gasteiger partial charge in [0.2, 0.25) is 5.91 Å². The lowest BCUT2D eigenvalue weighted by molar-refractivity contribution is -0.120. The number of methoxy groups -OCH3 is 1. The summed E-state index contributed by atoms with van der Waals surface area (Å²) in [4.78, 5) is 23.2. The molecule has 0 fully saturated rings. The Morgan fingerprint density at radius 1 is 1.11 bits per heavy atom. The lowest BCUT2D eigenvalue weighted by Gasteiger charge is -2.14. The van der Waals surface area contributed by atoms with Crippen LogP contribution in [0.1, 0.15) is 15.9 Å². The first-order valence-corrected chi connectivity index (χ1v) is 9.16. The van der Waals surface area contributed by atoms with Crippen LogP contribution in [-0.2, 0) is 21.5 Å². The van der Waals surface area contributed by atoms with E-state index in [0.29, 0.717) is 0 Å². The number of benzene rings is 2. The molecule has 2 aromatic rings. The molecule has 2 aromatic carbocycles. The number of primary amides is 1. The van der Waals surface area contributed by atoms with E-state index in [1.807, 2.05) is 6.07 Å².